The summed E-state index contributed by atoms with van der Waals surface area (Å²) in [6.07, 6.45) is 0. The fourth-order valence-corrected chi connectivity index (χ4v) is 17.3. The van der Waals surface area contributed by atoms with Crippen LogP contribution in [0.1, 0.15) is 38.9 Å². The first-order valence-corrected chi connectivity index (χ1v) is 28.7. The molecule has 8 heteroatoms. The minimum absolute atomic E-state index is 0. The Morgan fingerprint density at radius 1 is 0.447 bits per heavy atom. The second-order valence-electron chi connectivity index (χ2n) is 16.5. The summed E-state index contributed by atoms with van der Waals surface area (Å²) in [6, 6.07) is 22.8. The molecule has 0 spiro atoms. The molecule has 4 rings (SSSR count). The minimum atomic E-state index is -2.80. The van der Waals surface area contributed by atoms with Crippen molar-refractivity contribution in [1.82, 2.24) is 0 Å². The van der Waals surface area contributed by atoms with Gasteiger partial charge in [-0.1, -0.05) is 173 Å². The number of hydrogen-bond acceptors (Lipinski definition) is 0. The van der Waals surface area contributed by atoms with Crippen molar-refractivity contribution in [3.8, 4) is 0 Å². The maximum Gasteiger partial charge on any atom is 4.00 e. The monoisotopic (exact) mass is 790 g/mol. The Balaban J connectivity index is 0.00000529. The summed E-state index contributed by atoms with van der Waals surface area (Å²) >= 11 is 0. The molecule has 0 aliphatic rings. The Bertz CT molecular complexity index is 1520. The summed E-state index contributed by atoms with van der Waals surface area (Å²) in [6.45, 7) is 39.3. The van der Waals surface area contributed by atoms with Crippen molar-refractivity contribution >= 4 is 68.6 Å². The maximum absolute atomic E-state index is 2.80. The van der Waals surface area contributed by atoms with Crippen LogP contribution in [0.3, 0.4) is 0 Å². The summed E-state index contributed by atoms with van der Waals surface area (Å²) < 4.78 is 0. The second kappa shape index (κ2) is 16.2. The van der Waals surface area contributed by atoms with Crippen LogP contribution in [0.15, 0.2) is 54.6 Å². The molecule has 4 aromatic carbocycles. The molecule has 0 aliphatic carbocycles. The van der Waals surface area contributed by atoms with Gasteiger partial charge in [-0.25, -0.2) is 0 Å². The van der Waals surface area contributed by atoms with Gasteiger partial charge in [-0.3, -0.25) is 0 Å². The van der Waals surface area contributed by atoms with Crippen LogP contribution in [0.25, 0.3) is 0 Å². The molecule has 254 valence electrons. The Morgan fingerprint density at radius 3 is 0.936 bits per heavy atom. The van der Waals surface area contributed by atoms with E-state index in [9.17, 15) is 0 Å². The molecule has 0 radical (unpaired) electrons. The number of hydrogen-bond donors (Lipinski definition) is 0. The van der Waals surface area contributed by atoms with Gasteiger partial charge in [-0.15, -0.1) is 0 Å². The van der Waals surface area contributed by atoms with Crippen molar-refractivity contribution in [2.24, 2.45) is 0 Å². The summed E-state index contributed by atoms with van der Waals surface area (Å²) in [5, 5.41) is 11.2. The third kappa shape index (κ3) is 8.51. The molecule has 0 saturated heterocycles. The molecule has 0 unspecified atom stereocenters. The average Bonchev–Trinajstić information content (AvgIpc) is 3.08. The van der Waals surface area contributed by atoms with Gasteiger partial charge in [-0.05, 0) is 36.3 Å². The van der Waals surface area contributed by atoms with Crippen molar-refractivity contribution in [3.63, 3.8) is 0 Å². The van der Waals surface area contributed by atoms with Gasteiger partial charge in [-0.2, -0.15) is 27.4 Å². The fraction of sp³-hybridized carbons (Fsp3) is 0.410. The van der Waals surface area contributed by atoms with E-state index >= 15 is 0 Å². The summed E-state index contributed by atoms with van der Waals surface area (Å²) in [5.41, 5.74) is 10.3. The van der Waals surface area contributed by atoms with Crippen LogP contribution in [0, 0.1) is 48.5 Å². The fourth-order valence-electron chi connectivity index (χ4n) is 7.10. The Kier molecular flexibility index (Phi) is 16.0. The molecular weight excluding hydrogens is 735 g/mol. The number of rotatable bonds is 7. The van der Waals surface area contributed by atoms with Gasteiger partial charge in [0.25, 0.3) is 0 Å². The molecule has 47 heavy (non-hydrogen) atoms. The molecule has 0 aliphatic heterocycles. The van der Waals surface area contributed by atoms with Crippen molar-refractivity contribution < 1.29 is 58.9 Å². The van der Waals surface area contributed by atoms with Crippen LogP contribution in [-0.2, 0) is 21.7 Å². The van der Waals surface area contributed by atoms with Crippen molar-refractivity contribution in [3.05, 3.63) is 93.5 Å². The van der Waals surface area contributed by atoms with Gasteiger partial charge < -0.3 is 37.2 Å². The molecule has 0 nitrogen and oxygen atoms in total. The van der Waals surface area contributed by atoms with Crippen molar-refractivity contribution in [2.75, 3.05) is 0 Å². The summed E-state index contributed by atoms with van der Waals surface area (Å²) in [5.74, 6) is 0. The largest absolute Gasteiger partial charge is 4.00 e. The molecule has 0 atom stereocenters. The first-order valence-electron chi connectivity index (χ1n) is 16.2. The van der Waals surface area contributed by atoms with E-state index in [2.05, 4.69) is 162 Å². The van der Waals surface area contributed by atoms with Crippen molar-refractivity contribution in [1.29, 1.82) is 0 Å². The smallest absolute Gasteiger partial charge is 1.00 e. The average molecular weight is 792 g/mol. The zero-order chi connectivity index (χ0) is 32.4. The first kappa shape index (κ1) is 46.5. The zero-order valence-corrected chi connectivity index (χ0v) is 39.7. The number of halogens is 3. The van der Waals surface area contributed by atoms with E-state index in [0.717, 1.165) is 0 Å². The van der Waals surface area contributed by atoms with Crippen LogP contribution in [0.5, 0.6) is 0 Å². The molecule has 4 aromatic rings. The first-order chi connectivity index (χ1) is 19.6. The third-order valence-electron chi connectivity index (χ3n) is 10.3. The summed E-state index contributed by atoms with van der Waals surface area (Å²) in [4.78, 5) is 0. The van der Waals surface area contributed by atoms with Crippen LogP contribution >= 0.6 is 0 Å². The number of aryl methyl sites for hydroxylation is 3. The Hall–Kier alpha value is -0.538. The normalized spacial score (nSPS) is 12.0. The number of benzene rings is 3. The second-order valence-corrected chi connectivity index (χ2v) is 35.3. The SMILES string of the molecule is Cc1ccc([Si](C)(C)C)cc1[Si](c1cc([Si](C)(C)C)ccc1C)(c1cc([Si](C)(C)C)ccc1C)c1c(C)c(C)c(C)[c-]1C.[Cl-].[Cl-].[Cl-].[Ti+4]. The minimum Gasteiger partial charge on any atom is -1.00 e. The van der Waals surface area contributed by atoms with E-state index in [1.807, 2.05) is 0 Å². The Labute approximate surface area is 325 Å². The molecule has 0 fully saturated rings. The molecular formula is C39H57Cl3Si4Ti. The van der Waals surface area contributed by atoms with Gasteiger partial charge in [0.2, 0.25) is 0 Å². The predicted molar refractivity (Wildman–Crippen MR) is 208 cm³/mol. The van der Waals surface area contributed by atoms with E-state index < -0.39 is 32.3 Å². The molecule has 0 heterocycles. The van der Waals surface area contributed by atoms with Gasteiger partial charge in [0.05, 0.1) is 24.2 Å². The maximum atomic E-state index is 2.70. The quantitative estimate of drug-likeness (QED) is 0.111. The third-order valence-corrected chi connectivity index (χ3v) is 22.0. The van der Waals surface area contributed by atoms with E-state index in [0.29, 0.717) is 0 Å². The van der Waals surface area contributed by atoms with Gasteiger partial charge >= 0.3 is 21.7 Å². The summed E-state index contributed by atoms with van der Waals surface area (Å²) in [7, 11) is -7.52. The van der Waals surface area contributed by atoms with E-state index in [1.54, 1.807) is 36.3 Å². The predicted octanol–water partition coefficient (Wildman–Crippen LogP) is -2.41. The van der Waals surface area contributed by atoms with Crippen LogP contribution in [0.2, 0.25) is 58.9 Å². The molecule has 0 aromatic heterocycles. The standard InChI is InChI=1S/C39H57Si4.3ClH.Ti/c1-26-17-20-33(40(8,9)10)23-36(26)43(39-31(6)29(4)30(5)32(39)7,37-24-34(41(11,12)13)21-18-27(37)2)38-25-35(42(14,15)16)22-19-28(38)3;;;;/h17-25H,1-16H3;3*1H;/q-1;;;;+4/p-3. The van der Waals surface area contributed by atoms with Crippen LogP contribution in [-0.4, -0.2) is 32.3 Å². The van der Waals surface area contributed by atoms with Gasteiger partial charge in [0, 0.05) is 0 Å². The van der Waals surface area contributed by atoms with Gasteiger partial charge in [0.1, 0.15) is 0 Å². The van der Waals surface area contributed by atoms with Crippen LogP contribution < -0.4 is 73.5 Å². The van der Waals surface area contributed by atoms with Crippen LogP contribution in [0.4, 0.5) is 0 Å². The van der Waals surface area contributed by atoms with E-state index in [1.165, 1.54) is 38.9 Å². The van der Waals surface area contributed by atoms with E-state index in [-0.39, 0.29) is 58.9 Å². The molecule has 0 amide bonds. The van der Waals surface area contributed by atoms with Crippen molar-refractivity contribution in [2.45, 2.75) is 107 Å². The zero-order valence-electron chi connectivity index (χ0n) is 31.8. The molecule has 0 bridgehead atoms. The van der Waals surface area contributed by atoms with Gasteiger partial charge in [0.15, 0.2) is 8.07 Å². The molecule has 0 N–H and O–H groups in total. The van der Waals surface area contributed by atoms with E-state index in [4.69, 9.17) is 0 Å². The Morgan fingerprint density at radius 2 is 0.723 bits per heavy atom. The molecule has 0 saturated carbocycles. The topological polar surface area (TPSA) is 0 Å².